The van der Waals surface area contributed by atoms with Crippen molar-refractivity contribution < 1.29 is 23.1 Å². The van der Waals surface area contributed by atoms with Crippen molar-refractivity contribution in [2.45, 2.75) is 0 Å². The molecule has 0 bridgehead atoms. The maximum atomic E-state index is 13.1. The minimum absolute atomic E-state index is 0.00703. The van der Waals surface area contributed by atoms with E-state index in [0.29, 0.717) is 33.8 Å². The Morgan fingerprint density at radius 1 is 1.16 bits per heavy atom. The molecule has 0 aliphatic carbocycles. The van der Waals surface area contributed by atoms with Gasteiger partial charge in [0.2, 0.25) is 10.0 Å². The molecule has 0 unspecified atom stereocenters. The van der Waals surface area contributed by atoms with Crippen molar-refractivity contribution in [2.75, 3.05) is 39.5 Å². The van der Waals surface area contributed by atoms with E-state index in [1.54, 1.807) is 36.3 Å². The molecule has 1 amide bonds. The average Bonchev–Trinajstić information content (AvgIpc) is 3.21. The zero-order valence-corrected chi connectivity index (χ0v) is 19.5. The molecule has 4 rings (SSSR count). The van der Waals surface area contributed by atoms with Crippen molar-refractivity contribution >= 4 is 37.4 Å². The summed E-state index contributed by atoms with van der Waals surface area (Å²) in [4.78, 5) is 27.9. The minimum Gasteiger partial charge on any atom is -0.504 e. The van der Waals surface area contributed by atoms with Gasteiger partial charge in [0.05, 0.1) is 23.6 Å². The van der Waals surface area contributed by atoms with Gasteiger partial charge >= 0.3 is 0 Å². The second-order valence-electron chi connectivity index (χ2n) is 7.65. The molecule has 1 aliphatic rings. The number of rotatable bonds is 4. The molecule has 0 radical (unpaired) electrons. The summed E-state index contributed by atoms with van der Waals surface area (Å²) >= 11 is 1.23. The molecule has 1 aliphatic heterocycles. The van der Waals surface area contributed by atoms with Gasteiger partial charge in [0.25, 0.3) is 11.5 Å². The van der Waals surface area contributed by atoms with Crippen LogP contribution in [0.1, 0.15) is 9.67 Å². The molecule has 2 aromatic heterocycles. The number of pyridine rings is 1. The van der Waals surface area contributed by atoms with Gasteiger partial charge in [0, 0.05) is 49.7 Å². The maximum absolute atomic E-state index is 13.1. The van der Waals surface area contributed by atoms with Gasteiger partial charge in [-0.3, -0.25) is 9.59 Å². The monoisotopic (exact) mass is 477 g/mol. The lowest BCUT2D eigenvalue weighted by Gasteiger charge is -2.32. The number of aromatic nitrogens is 1. The van der Waals surface area contributed by atoms with Crippen LogP contribution in [0, 0.1) is 0 Å². The van der Waals surface area contributed by atoms with Gasteiger partial charge in [0.15, 0.2) is 11.5 Å². The summed E-state index contributed by atoms with van der Waals surface area (Å²) < 4.78 is 32.1. The Kier molecular flexibility index (Phi) is 5.74. The van der Waals surface area contributed by atoms with E-state index < -0.39 is 10.0 Å². The fraction of sp³-hybridized carbons (Fsp3) is 0.333. The lowest BCUT2D eigenvalue weighted by molar-refractivity contribution is 0.0703. The van der Waals surface area contributed by atoms with Crippen LogP contribution in [0.15, 0.2) is 35.3 Å². The van der Waals surface area contributed by atoms with Gasteiger partial charge in [-0.2, -0.15) is 4.31 Å². The van der Waals surface area contributed by atoms with Gasteiger partial charge in [-0.05, 0) is 23.8 Å². The highest BCUT2D eigenvalue weighted by Gasteiger charge is 2.28. The fourth-order valence-electron chi connectivity index (χ4n) is 3.79. The number of hydrogen-bond acceptors (Lipinski definition) is 7. The molecule has 3 heterocycles. The van der Waals surface area contributed by atoms with Gasteiger partial charge in [-0.15, -0.1) is 11.3 Å². The summed E-state index contributed by atoms with van der Waals surface area (Å²) in [5.74, 6) is 0.0874. The summed E-state index contributed by atoms with van der Waals surface area (Å²) in [6, 6.07) is 6.53. The van der Waals surface area contributed by atoms with Crippen LogP contribution in [0.3, 0.4) is 0 Å². The first-order chi connectivity index (χ1) is 15.1. The van der Waals surface area contributed by atoms with E-state index in [0.717, 1.165) is 17.4 Å². The number of benzene rings is 1. The van der Waals surface area contributed by atoms with Crippen LogP contribution in [-0.2, 0) is 17.1 Å². The number of hydrogen-bond donors (Lipinski definition) is 1. The minimum atomic E-state index is -3.29. The van der Waals surface area contributed by atoms with Crippen LogP contribution in [-0.4, -0.2) is 72.7 Å². The first-order valence-corrected chi connectivity index (χ1v) is 12.5. The highest BCUT2D eigenvalue weighted by atomic mass is 32.2. The second kappa shape index (κ2) is 8.23. The number of phenolic OH excluding ortho intramolecular Hbond substituents is 1. The number of methoxy groups -OCH3 is 1. The fourth-order valence-corrected chi connectivity index (χ4v) is 5.76. The summed E-state index contributed by atoms with van der Waals surface area (Å²) in [5, 5.41) is 10.3. The SMILES string of the molecule is COc1cc(-c2cn(C)c(=O)c3cc(C(=O)N4CCN(S(C)(=O)=O)CC4)sc23)ccc1O. The molecular formula is C21H23N3O6S2. The number of phenols is 1. The predicted octanol–water partition coefficient (Wildman–Crippen LogP) is 1.70. The van der Waals surface area contributed by atoms with Crippen LogP contribution in [0.5, 0.6) is 11.5 Å². The van der Waals surface area contributed by atoms with Crippen LogP contribution < -0.4 is 10.3 Å². The molecule has 32 heavy (non-hydrogen) atoms. The lowest BCUT2D eigenvalue weighted by Crippen LogP contribution is -2.50. The molecule has 0 saturated carbocycles. The molecule has 1 saturated heterocycles. The van der Waals surface area contributed by atoms with E-state index in [9.17, 15) is 23.1 Å². The maximum Gasteiger partial charge on any atom is 0.264 e. The van der Waals surface area contributed by atoms with Crippen LogP contribution >= 0.6 is 11.3 Å². The lowest BCUT2D eigenvalue weighted by atomic mass is 10.1. The first-order valence-electron chi connectivity index (χ1n) is 9.85. The van der Waals surface area contributed by atoms with Crippen molar-refractivity contribution in [1.82, 2.24) is 13.8 Å². The summed E-state index contributed by atoms with van der Waals surface area (Å²) in [6.07, 6.45) is 2.86. The van der Waals surface area contributed by atoms with E-state index in [2.05, 4.69) is 0 Å². The summed E-state index contributed by atoms with van der Waals surface area (Å²) in [5.41, 5.74) is 1.26. The van der Waals surface area contributed by atoms with Gasteiger partial charge in [0.1, 0.15) is 0 Å². The van der Waals surface area contributed by atoms with Crippen molar-refractivity contribution in [3.63, 3.8) is 0 Å². The smallest absolute Gasteiger partial charge is 0.264 e. The van der Waals surface area contributed by atoms with E-state index in [4.69, 9.17) is 4.74 Å². The van der Waals surface area contributed by atoms with E-state index >= 15 is 0 Å². The third-order valence-electron chi connectivity index (χ3n) is 5.55. The Bertz CT molecular complexity index is 1370. The number of carbonyl (C=O) groups is 1. The highest BCUT2D eigenvalue weighted by Crippen LogP contribution is 2.37. The number of thiophene rings is 1. The number of amides is 1. The second-order valence-corrected chi connectivity index (χ2v) is 10.7. The zero-order chi connectivity index (χ0) is 23.2. The molecule has 170 valence electrons. The van der Waals surface area contributed by atoms with E-state index in [-0.39, 0.29) is 30.3 Å². The van der Waals surface area contributed by atoms with Gasteiger partial charge in [-0.1, -0.05) is 6.07 Å². The molecule has 1 aromatic carbocycles. The largest absolute Gasteiger partial charge is 0.504 e. The summed E-state index contributed by atoms with van der Waals surface area (Å²) in [6.45, 7) is 1.08. The van der Waals surface area contributed by atoms with Gasteiger partial charge in [-0.25, -0.2) is 8.42 Å². The van der Waals surface area contributed by atoms with Crippen molar-refractivity contribution in [1.29, 1.82) is 0 Å². The van der Waals surface area contributed by atoms with Crippen molar-refractivity contribution in [3.05, 3.63) is 45.7 Å². The standard InChI is InChI=1S/C21H23N3O6S2/c1-22-12-15(13-4-5-16(25)17(10-13)30-2)19-14(20(22)26)11-18(31-19)21(27)23-6-8-24(9-7-23)32(3,28)29/h4-5,10-12,25H,6-9H2,1-3H3. The molecule has 0 atom stereocenters. The van der Waals surface area contributed by atoms with Crippen molar-refractivity contribution in [3.8, 4) is 22.6 Å². The number of aryl methyl sites for hydroxylation is 1. The molecule has 11 heteroatoms. The Morgan fingerprint density at radius 2 is 1.84 bits per heavy atom. The zero-order valence-electron chi connectivity index (χ0n) is 17.9. The number of fused-ring (bicyclic) bond motifs is 1. The van der Waals surface area contributed by atoms with Crippen LogP contribution in [0.25, 0.3) is 21.2 Å². The quantitative estimate of drug-likeness (QED) is 0.613. The van der Waals surface area contributed by atoms with Crippen LogP contribution in [0.2, 0.25) is 0 Å². The Balaban J connectivity index is 1.73. The molecule has 1 fully saturated rings. The third-order valence-corrected chi connectivity index (χ3v) is 8.01. The predicted molar refractivity (Wildman–Crippen MR) is 123 cm³/mol. The molecule has 0 spiro atoms. The van der Waals surface area contributed by atoms with Gasteiger partial charge < -0.3 is 19.3 Å². The van der Waals surface area contributed by atoms with E-state index in [1.165, 1.54) is 33.4 Å². The molecule has 1 N–H and O–H groups in total. The van der Waals surface area contributed by atoms with E-state index in [1.807, 2.05) is 0 Å². The highest BCUT2D eigenvalue weighted by molar-refractivity contribution is 7.88. The molecule has 9 nitrogen and oxygen atoms in total. The number of aromatic hydroxyl groups is 1. The Labute approximate surface area is 189 Å². The first kappa shape index (κ1) is 22.3. The number of ether oxygens (including phenoxy) is 1. The normalized spacial score (nSPS) is 15.3. The number of nitrogens with zero attached hydrogens (tertiary/aromatic N) is 3. The Hall–Kier alpha value is -2.89. The van der Waals surface area contributed by atoms with Crippen LogP contribution in [0.4, 0.5) is 0 Å². The molecular weight excluding hydrogens is 454 g/mol. The number of sulfonamides is 1. The number of piperazine rings is 1. The summed E-state index contributed by atoms with van der Waals surface area (Å²) in [7, 11) is -0.186. The third kappa shape index (κ3) is 3.98. The molecule has 3 aromatic rings. The average molecular weight is 478 g/mol. The topological polar surface area (TPSA) is 109 Å². The number of carbonyl (C=O) groups excluding carboxylic acids is 1. The Morgan fingerprint density at radius 3 is 2.47 bits per heavy atom. The van der Waals surface area contributed by atoms with Crippen molar-refractivity contribution in [2.24, 2.45) is 7.05 Å².